The molecule has 0 unspecified atom stereocenters. The van der Waals surface area contributed by atoms with Crippen LogP contribution in [0.1, 0.15) is 33.1 Å². The van der Waals surface area contributed by atoms with Crippen molar-refractivity contribution in [2.45, 2.75) is 33.1 Å². The van der Waals surface area contributed by atoms with Crippen molar-refractivity contribution in [3.8, 4) is 0 Å². The predicted octanol–water partition coefficient (Wildman–Crippen LogP) is 2.26. The summed E-state index contributed by atoms with van der Waals surface area (Å²) in [4.78, 5) is 10.5. The lowest BCUT2D eigenvalue weighted by molar-refractivity contribution is -0.113. The van der Waals surface area contributed by atoms with Gasteiger partial charge < -0.3 is 4.79 Å². The Morgan fingerprint density at radius 3 is 2.50 bits per heavy atom. The highest BCUT2D eigenvalue weighted by atomic mass is 16.1. The van der Waals surface area contributed by atoms with Gasteiger partial charge in [0.15, 0.2) is 0 Å². The minimum Gasteiger partial charge on any atom is -0.303 e. The zero-order chi connectivity index (χ0) is 7.56. The van der Waals surface area contributed by atoms with Crippen LogP contribution in [0.3, 0.4) is 0 Å². The molecule has 0 aromatic rings. The first-order valence-corrected chi connectivity index (χ1v) is 4.19. The SMILES string of the molecule is C[C@@H]1CC[C@@H](C=O)[C@@H](C)C1. The van der Waals surface area contributed by atoms with Gasteiger partial charge in [-0.3, -0.25) is 0 Å². The third-order valence-electron chi connectivity index (χ3n) is 2.67. The maximum Gasteiger partial charge on any atom is 0.123 e. The molecule has 1 fully saturated rings. The highest BCUT2D eigenvalue weighted by molar-refractivity contribution is 5.54. The van der Waals surface area contributed by atoms with Gasteiger partial charge in [-0.15, -0.1) is 0 Å². The topological polar surface area (TPSA) is 17.1 Å². The lowest BCUT2D eigenvalue weighted by Crippen LogP contribution is -2.22. The monoisotopic (exact) mass is 140 g/mol. The molecule has 0 N–H and O–H groups in total. The van der Waals surface area contributed by atoms with Gasteiger partial charge in [0, 0.05) is 5.92 Å². The maximum absolute atomic E-state index is 10.5. The van der Waals surface area contributed by atoms with Crippen molar-refractivity contribution in [1.82, 2.24) is 0 Å². The normalized spacial score (nSPS) is 41.2. The molecule has 0 saturated heterocycles. The molecule has 0 heterocycles. The minimum absolute atomic E-state index is 0.358. The van der Waals surface area contributed by atoms with E-state index < -0.39 is 0 Å². The molecule has 0 aliphatic heterocycles. The van der Waals surface area contributed by atoms with Crippen molar-refractivity contribution in [2.24, 2.45) is 17.8 Å². The Kier molecular flexibility index (Phi) is 2.47. The van der Waals surface area contributed by atoms with Gasteiger partial charge in [0.25, 0.3) is 0 Å². The van der Waals surface area contributed by atoms with Crippen molar-refractivity contribution in [2.75, 3.05) is 0 Å². The number of rotatable bonds is 1. The third kappa shape index (κ3) is 1.59. The van der Waals surface area contributed by atoms with Crippen LogP contribution in [0.5, 0.6) is 0 Å². The molecule has 0 radical (unpaired) electrons. The molecule has 1 rings (SSSR count). The van der Waals surface area contributed by atoms with Crippen molar-refractivity contribution in [3.63, 3.8) is 0 Å². The highest BCUT2D eigenvalue weighted by Gasteiger charge is 2.24. The summed E-state index contributed by atoms with van der Waals surface area (Å²) < 4.78 is 0. The van der Waals surface area contributed by atoms with Crippen LogP contribution in [-0.4, -0.2) is 6.29 Å². The van der Waals surface area contributed by atoms with E-state index in [-0.39, 0.29) is 0 Å². The number of hydrogen-bond acceptors (Lipinski definition) is 1. The van der Waals surface area contributed by atoms with Gasteiger partial charge in [0.1, 0.15) is 6.29 Å². The minimum atomic E-state index is 0.358. The van der Waals surface area contributed by atoms with E-state index in [1.165, 1.54) is 12.8 Å². The van der Waals surface area contributed by atoms with Crippen molar-refractivity contribution in [3.05, 3.63) is 0 Å². The molecular weight excluding hydrogens is 124 g/mol. The Bertz CT molecular complexity index is 120. The summed E-state index contributed by atoms with van der Waals surface area (Å²) in [5, 5.41) is 0. The summed E-state index contributed by atoms with van der Waals surface area (Å²) in [5.74, 6) is 1.82. The fraction of sp³-hybridized carbons (Fsp3) is 0.889. The lowest BCUT2D eigenvalue weighted by atomic mass is 9.76. The molecule has 58 valence electrons. The average Bonchev–Trinajstić information content (AvgIpc) is 1.88. The second-order valence-corrected chi connectivity index (χ2v) is 3.70. The molecule has 10 heavy (non-hydrogen) atoms. The molecule has 0 aromatic carbocycles. The Balaban J connectivity index is 2.43. The summed E-state index contributed by atoms with van der Waals surface area (Å²) in [6.45, 7) is 4.46. The highest BCUT2D eigenvalue weighted by Crippen LogP contribution is 2.31. The smallest absolute Gasteiger partial charge is 0.123 e. The van der Waals surface area contributed by atoms with Gasteiger partial charge in [0.05, 0.1) is 0 Å². The van der Waals surface area contributed by atoms with Crippen molar-refractivity contribution >= 4 is 6.29 Å². The first-order chi connectivity index (χ1) is 4.74. The maximum atomic E-state index is 10.5. The zero-order valence-electron chi connectivity index (χ0n) is 6.84. The van der Waals surface area contributed by atoms with Crippen LogP contribution in [0.2, 0.25) is 0 Å². The summed E-state index contributed by atoms with van der Waals surface area (Å²) in [6, 6.07) is 0. The lowest BCUT2D eigenvalue weighted by Gasteiger charge is -2.28. The zero-order valence-corrected chi connectivity index (χ0v) is 6.84. The van der Waals surface area contributed by atoms with Crippen molar-refractivity contribution < 1.29 is 4.79 Å². The second-order valence-electron chi connectivity index (χ2n) is 3.70. The van der Waals surface area contributed by atoms with E-state index in [1.807, 2.05) is 0 Å². The van der Waals surface area contributed by atoms with Gasteiger partial charge in [-0.05, 0) is 24.7 Å². The quantitative estimate of drug-likeness (QED) is 0.510. The molecule has 1 aliphatic rings. The Hall–Kier alpha value is -0.330. The van der Waals surface area contributed by atoms with E-state index in [0.717, 1.165) is 18.6 Å². The van der Waals surface area contributed by atoms with E-state index in [1.54, 1.807) is 0 Å². The fourth-order valence-electron chi connectivity index (χ4n) is 1.89. The molecule has 3 atom stereocenters. The molecule has 1 saturated carbocycles. The summed E-state index contributed by atoms with van der Waals surface area (Å²) in [7, 11) is 0. The summed E-state index contributed by atoms with van der Waals surface area (Å²) in [6.07, 6.45) is 4.74. The van der Waals surface area contributed by atoms with Gasteiger partial charge in [-0.2, -0.15) is 0 Å². The Morgan fingerprint density at radius 2 is 2.00 bits per heavy atom. The number of hydrogen-bond donors (Lipinski definition) is 0. The van der Waals surface area contributed by atoms with E-state index in [0.29, 0.717) is 11.8 Å². The number of carbonyl (C=O) groups is 1. The van der Waals surface area contributed by atoms with E-state index in [2.05, 4.69) is 13.8 Å². The van der Waals surface area contributed by atoms with E-state index >= 15 is 0 Å². The predicted molar refractivity (Wildman–Crippen MR) is 41.7 cm³/mol. The first-order valence-electron chi connectivity index (χ1n) is 4.19. The van der Waals surface area contributed by atoms with Crippen LogP contribution in [0.25, 0.3) is 0 Å². The Labute approximate surface area is 62.8 Å². The molecule has 1 heteroatoms. The summed E-state index contributed by atoms with van der Waals surface area (Å²) in [5.41, 5.74) is 0. The molecule has 0 spiro atoms. The van der Waals surface area contributed by atoms with Crippen LogP contribution >= 0.6 is 0 Å². The van der Waals surface area contributed by atoms with E-state index in [9.17, 15) is 4.79 Å². The van der Waals surface area contributed by atoms with Gasteiger partial charge in [-0.1, -0.05) is 20.3 Å². The third-order valence-corrected chi connectivity index (χ3v) is 2.67. The first kappa shape index (κ1) is 7.77. The van der Waals surface area contributed by atoms with Crippen LogP contribution in [0.4, 0.5) is 0 Å². The van der Waals surface area contributed by atoms with Crippen LogP contribution < -0.4 is 0 Å². The van der Waals surface area contributed by atoms with Gasteiger partial charge in [0.2, 0.25) is 0 Å². The number of carbonyl (C=O) groups excluding carboxylic acids is 1. The van der Waals surface area contributed by atoms with E-state index in [4.69, 9.17) is 0 Å². The fourth-order valence-corrected chi connectivity index (χ4v) is 1.89. The molecular formula is C9H16O. The molecule has 0 bridgehead atoms. The Morgan fingerprint density at radius 1 is 1.30 bits per heavy atom. The molecule has 0 aromatic heterocycles. The standard InChI is InChI=1S/C9H16O/c1-7-3-4-9(6-10)8(2)5-7/h6-9H,3-5H2,1-2H3/t7-,8+,9+/m1/s1. The van der Waals surface area contributed by atoms with Crippen LogP contribution in [-0.2, 0) is 4.79 Å². The van der Waals surface area contributed by atoms with Gasteiger partial charge >= 0.3 is 0 Å². The second kappa shape index (κ2) is 3.18. The molecule has 0 amide bonds. The average molecular weight is 140 g/mol. The van der Waals surface area contributed by atoms with Crippen molar-refractivity contribution in [1.29, 1.82) is 0 Å². The van der Waals surface area contributed by atoms with Crippen LogP contribution in [0, 0.1) is 17.8 Å². The largest absolute Gasteiger partial charge is 0.303 e. The van der Waals surface area contributed by atoms with Gasteiger partial charge in [-0.25, -0.2) is 0 Å². The molecule has 1 nitrogen and oxygen atoms in total. The number of aldehydes is 1. The van der Waals surface area contributed by atoms with Crippen LogP contribution in [0.15, 0.2) is 0 Å². The molecule has 1 aliphatic carbocycles. The summed E-state index contributed by atoms with van der Waals surface area (Å²) >= 11 is 0.